The third-order valence-electron chi connectivity index (χ3n) is 5.81. The molecule has 0 radical (unpaired) electrons. The Bertz CT molecular complexity index is 1050. The molecular formula is C23H23N3O2. The molecule has 5 rings (SSSR count). The number of para-hydroxylation sites is 2. The van der Waals surface area contributed by atoms with Gasteiger partial charge in [0.15, 0.2) is 0 Å². The van der Waals surface area contributed by atoms with Crippen LogP contribution in [-0.4, -0.2) is 29.4 Å². The number of benzene rings is 2. The number of fused-ring (bicyclic) bond motifs is 2. The van der Waals surface area contributed by atoms with Crippen molar-refractivity contribution >= 4 is 28.4 Å². The summed E-state index contributed by atoms with van der Waals surface area (Å²) < 4.78 is 0. The number of aromatic amines is 1. The van der Waals surface area contributed by atoms with Crippen LogP contribution in [0.15, 0.2) is 54.7 Å². The van der Waals surface area contributed by atoms with Crippen molar-refractivity contribution in [1.29, 1.82) is 0 Å². The smallest absolute Gasteiger partial charge is 0.249 e. The van der Waals surface area contributed by atoms with Gasteiger partial charge in [-0.25, -0.2) is 0 Å². The van der Waals surface area contributed by atoms with Gasteiger partial charge in [0.05, 0.1) is 0 Å². The number of aromatic nitrogens is 1. The van der Waals surface area contributed by atoms with Gasteiger partial charge >= 0.3 is 0 Å². The van der Waals surface area contributed by atoms with E-state index in [0.29, 0.717) is 13.0 Å². The van der Waals surface area contributed by atoms with Gasteiger partial charge < -0.3 is 15.2 Å². The molecule has 2 heterocycles. The average molecular weight is 373 g/mol. The van der Waals surface area contributed by atoms with E-state index in [0.717, 1.165) is 41.4 Å². The van der Waals surface area contributed by atoms with E-state index in [-0.39, 0.29) is 17.7 Å². The Morgan fingerprint density at radius 1 is 1.11 bits per heavy atom. The molecule has 1 saturated carbocycles. The molecule has 1 aromatic heterocycles. The fourth-order valence-electron chi connectivity index (χ4n) is 4.11. The Morgan fingerprint density at radius 2 is 1.89 bits per heavy atom. The second-order valence-corrected chi connectivity index (χ2v) is 7.77. The molecule has 0 saturated heterocycles. The lowest BCUT2D eigenvalue weighted by atomic mass is 10.0. The molecule has 0 bridgehead atoms. The first-order chi connectivity index (χ1) is 13.7. The minimum atomic E-state index is -0.557. The lowest BCUT2D eigenvalue weighted by molar-refractivity contribution is -0.128. The molecule has 0 spiro atoms. The summed E-state index contributed by atoms with van der Waals surface area (Å²) in [4.78, 5) is 31.0. The molecule has 1 aliphatic heterocycles. The molecule has 2 N–H and O–H groups in total. The average Bonchev–Trinajstić information content (AvgIpc) is 3.37. The van der Waals surface area contributed by atoms with E-state index in [2.05, 4.69) is 22.4 Å². The maximum Gasteiger partial charge on any atom is 0.249 e. The number of H-pyrrole nitrogens is 1. The molecule has 3 aromatic rings. The van der Waals surface area contributed by atoms with E-state index in [9.17, 15) is 9.59 Å². The fourth-order valence-corrected chi connectivity index (χ4v) is 4.11. The normalized spacial score (nSPS) is 16.8. The number of hydrogen-bond acceptors (Lipinski definition) is 2. The van der Waals surface area contributed by atoms with Crippen LogP contribution in [0.4, 0.5) is 5.69 Å². The Balaban J connectivity index is 1.44. The van der Waals surface area contributed by atoms with Crippen molar-refractivity contribution in [2.45, 2.75) is 31.7 Å². The van der Waals surface area contributed by atoms with Crippen LogP contribution in [0.3, 0.4) is 0 Å². The van der Waals surface area contributed by atoms with Gasteiger partial charge in [0, 0.05) is 41.7 Å². The maximum atomic E-state index is 13.5. The van der Waals surface area contributed by atoms with Crippen LogP contribution in [0, 0.1) is 5.92 Å². The Hall–Kier alpha value is -3.08. The summed E-state index contributed by atoms with van der Waals surface area (Å²) >= 11 is 0. The Labute approximate surface area is 163 Å². The zero-order valence-corrected chi connectivity index (χ0v) is 15.7. The standard InChI is InChI=1S/C23H23N3O2/c27-22(16-9-10-16)25-20(13-17-14-24-19-7-3-2-6-18(17)19)23(28)26-12-11-15-5-1-4-8-21(15)26/h1-8,14,16,20,24H,9-13H2,(H,25,27)/t20-/m1/s1. The van der Waals surface area contributed by atoms with Crippen molar-refractivity contribution in [1.82, 2.24) is 10.3 Å². The second kappa shape index (κ2) is 6.82. The molecule has 1 atom stereocenters. The first-order valence-corrected chi connectivity index (χ1v) is 9.95. The minimum Gasteiger partial charge on any atom is -0.361 e. The molecule has 2 aromatic carbocycles. The van der Waals surface area contributed by atoms with Gasteiger partial charge in [-0.3, -0.25) is 9.59 Å². The van der Waals surface area contributed by atoms with Gasteiger partial charge in [0.25, 0.3) is 0 Å². The quantitative estimate of drug-likeness (QED) is 0.721. The highest BCUT2D eigenvalue weighted by Gasteiger charge is 2.35. The zero-order valence-electron chi connectivity index (χ0n) is 15.7. The largest absolute Gasteiger partial charge is 0.361 e. The third-order valence-corrected chi connectivity index (χ3v) is 5.81. The van der Waals surface area contributed by atoms with Crippen LogP contribution in [0.2, 0.25) is 0 Å². The van der Waals surface area contributed by atoms with Crippen LogP contribution in [0.1, 0.15) is 24.0 Å². The molecule has 142 valence electrons. The Morgan fingerprint density at radius 3 is 2.75 bits per heavy atom. The van der Waals surface area contributed by atoms with Gasteiger partial charge in [-0.1, -0.05) is 36.4 Å². The van der Waals surface area contributed by atoms with E-state index >= 15 is 0 Å². The van der Waals surface area contributed by atoms with Crippen molar-refractivity contribution in [3.8, 4) is 0 Å². The summed E-state index contributed by atoms with van der Waals surface area (Å²) in [5.74, 6) is 0.0547. The number of rotatable bonds is 5. The lowest BCUT2D eigenvalue weighted by Gasteiger charge is -2.25. The summed E-state index contributed by atoms with van der Waals surface area (Å²) in [5.41, 5.74) is 4.26. The first kappa shape index (κ1) is 17.0. The predicted octanol–water partition coefficient (Wildman–Crippen LogP) is 3.19. The monoisotopic (exact) mass is 373 g/mol. The second-order valence-electron chi connectivity index (χ2n) is 7.77. The number of hydrogen-bond donors (Lipinski definition) is 2. The maximum absolute atomic E-state index is 13.5. The summed E-state index contributed by atoms with van der Waals surface area (Å²) in [6.07, 6.45) is 5.14. The number of anilines is 1. The minimum absolute atomic E-state index is 0.00525. The summed E-state index contributed by atoms with van der Waals surface area (Å²) in [6.45, 7) is 0.669. The van der Waals surface area contributed by atoms with Crippen LogP contribution >= 0.6 is 0 Å². The first-order valence-electron chi connectivity index (χ1n) is 9.95. The van der Waals surface area contributed by atoms with Gasteiger partial charge in [-0.15, -0.1) is 0 Å². The number of carbonyl (C=O) groups excluding carboxylic acids is 2. The summed E-state index contributed by atoms with van der Waals surface area (Å²) in [6, 6.07) is 15.5. The molecule has 1 fully saturated rings. The number of amides is 2. The molecule has 2 amide bonds. The van der Waals surface area contributed by atoms with Crippen LogP contribution in [0.5, 0.6) is 0 Å². The van der Waals surface area contributed by atoms with Crippen LogP contribution in [-0.2, 0) is 22.4 Å². The molecule has 5 heteroatoms. The lowest BCUT2D eigenvalue weighted by Crippen LogP contribution is -2.50. The van der Waals surface area contributed by atoms with Crippen molar-refractivity contribution in [3.05, 3.63) is 65.9 Å². The van der Waals surface area contributed by atoms with Gasteiger partial charge in [0.2, 0.25) is 11.8 Å². The molecule has 2 aliphatic rings. The van der Waals surface area contributed by atoms with Crippen molar-refractivity contribution in [2.24, 2.45) is 5.92 Å². The van der Waals surface area contributed by atoms with Crippen LogP contribution < -0.4 is 10.2 Å². The van der Waals surface area contributed by atoms with Gasteiger partial charge in [0.1, 0.15) is 6.04 Å². The van der Waals surface area contributed by atoms with Crippen LogP contribution in [0.25, 0.3) is 10.9 Å². The van der Waals surface area contributed by atoms with Crippen molar-refractivity contribution < 1.29 is 9.59 Å². The number of nitrogens with one attached hydrogen (secondary N) is 2. The zero-order chi connectivity index (χ0) is 19.1. The third kappa shape index (κ3) is 3.07. The van der Waals surface area contributed by atoms with Gasteiger partial charge in [-0.2, -0.15) is 0 Å². The summed E-state index contributed by atoms with van der Waals surface area (Å²) in [5, 5.41) is 4.15. The summed E-state index contributed by atoms with van der Waals surface area (Å²) in [7, 11) is 0. The molecular weight excluding hydrogens is 350 g/mol. The van der Waals surface area contributed by atoms with Crippen molar-refractivity contribution in [3.63, 3.8) is 0 Å². The molecule has 1 aliphatic carbocycles. The highest BCUT2D eigenvalue weighted by Crippen LogP contribution is 2.31. The van der Waals surface area contributed by atoms with Gasteiger partial charge in [-0.05, 0) is 42.5 Å². The molecule has 28 heavy (non-hydrogen) atoms. The molecule has 0 unspecified atom stereocenters. The number of carbonyl (C=O) groups is 2. The SMILES string of the molecule is O=C(N[C@H](Cc1c[nH]c2ccccc12)C(=O)N1CCc2ccccc21)C1CC1. The highest BCUT2D eigenvalue weighted by atomic mass is 16.2. The van der Waals surface area contributed by atoms with Crippen molar-refractivity contribution in [2.75, 3.05) is 11.4 Å². The topological polar surface area (TPSA) is 65.2 Å². The predicted molar refractivity (Wildman–Crippen MR) is 109 cm³/mol. The van der Waals surface area contributed by atoms with E-state index in [1.807, 2.05) is 47.5 Å². The fraction of sp³-hybridized carbons (Fsp3) is 0.304. The van der Waals surface area contributed by atoms with E-state index in [1.54, 1.807) is 0 Å². The van der Waals surface area contributed by atoms with E-state index in [4.69, 9.17) is 0 Å². The van der Waals surface area contributed by atoms with E-state index < -0.39 is 6.04 Å². The molecule has 5 nitrogen and oxygen atoms in total. The highest BCUT2D eigenvalue weighted by molar-refractivity contribution is 6.01. The van der Waals surface area contributed by atoms with E-state index in [1.165, 1.54) is 5.56 Å². The Kier molecular flexibility index (Phi) is 4.15. The number of nitrogens with zero attached hydrogens (tertiary/aromatic N) is 1.